The van der Waals surface area contributed by atoms with Gasteiger partial charge in [0, 0.05) is 40.4 Å². The average molecular weight is 400 g/mol. The standard InChI is InChI=1S/C25H24N2O3/c1-14-7-9-16-17(26-14)10-11-19-24(16)23(25-18(27-19)5-4-6-20(25)28)15-8-12-21(29-2)22(13-15)30-3/h7-13,23,27H,4-6H2,1-3H3. The van der Waals surface area contributed by atoms with Crippen molar-refractivity contribution in [3.8, 4) is 11.5 Å². The average Bonchev–Trinajstić information content (AvgIpc) is 2.77. The topological polar surface area (TPSA) is 60.5 Å². The Balaban J connectivity index is 1.81. The SMILES string of the molecule is COc1ccc(C2C3=C(CCCC3=O)Nc3ccc4nc(C)ccc4c32)cc1OC. The number of carbonyl (C=O) groups is 1. The number of benzene rings is 2. The Morgan fingerprint density at radius 1 is 1.00 bits per heavy atom. The van der Waals surface area contributed by atoms with E-state index in [1.807, 2.05) is 31.2 Å². The molecule has 2 aromatic carbocycles. The number of carbonyl (C=O) groups excluding carboxylic acids is 1. The molecular formula is C25H24N2O3. The van der Waals surface area contributed by atoms with Crippen molar-refractivity contribution in [1.82, 2.24) is 4.98 Å². The molecule has 1 atom stereocenters. The van der Waals surface area contributed by atoms with Crippen molar-refractivity contribution in [2.45, 2.75) is 32.1 Å². The summed E-state index contributed by atoms with van der Waals surface area (Å²) in [6, 6.07) is 14.2. The molecule has 5 heteroatoms. The molecule has 1 unspecified atom stereocenters. The monoisotopic (exact) mass is 400 g/mol. The number of nitrogens with zero attached hydrogens (tertiary/aromatic N) is 1. The fourth-order valence-corrected chi connectivity index (χ4v) is 4.75. The molecule has 0 radical (unpaired) electrons. The summed E-state index contributed by atoms with van der Waals surface area (Å²) in [5, 5.41) is 4.63. The van der Waals surface area contributed by atoms with E-state index in [1.165, 1.54) is 0 Å². The van der Waals surface area contributed by atoms with Crippen molar-refractivity contribution >= 4 is 22.4 Å². The highest BCUT2D eigenvalue weighted by molar-refractivity contribution is 6.03. The summed E-state index contributed by atoms with van der Waals surface area (Å²) in [5.41, 5.74) is 6.98. The molecule has 0 amide bonds. The van der Waals surface area contributed by atoms with Gasteiger partial charge in [-0.1, -0.05) is 12.1 Å². The van der Waals surface area contributed by atoms with Crippen molar-refractivity contribution in [1.29, 1.82) is 0 Å². The highest BCUT2D eigenvalue weighted by atomic mass is 16.5. The summed E-state index contributed by atoms with van der Waals surface area (Å²) in [6.45, 7) is 1.99. The maximum absolute atomic E-state index is 13.1. The zero-order chi connectivity index (χ0) is 20.8. The van der Waals surface area contributed by atoms with Crippen LogP contribution >= 0.6 is 0 Å². The summed E-state index contributed by atoms with van der Waals surface area (Å²) in [4.78, 5) is 17.8. The number of methoxy groups -OCH3 is 2. The Kier molecular flexibility index (Phi) is 4.46. The molecule has 1 N–H and O–H groups in total. The second-order valence-corrected chi connectivity index (χ2v) is 7.89. The quantitative estimate of drug-likeness (QED) is 0.661. The van der Waals surface area contributed by atoms with Crippen molar-refractivity contribution in [2.24, 2.45) is 0 Å². The van der Waals surface area contributed by atoms with Crippen molar-refractivity contribution < 1.29 is 14.3 Å². The molecule has 0 fully saturated rings. The molecule has 3 aromatic rings. The first-order chi connectivity index (χ1) is 14.6. The largest absolute Gasteiger partial charge is 0.493 e. The van der Waals surface area contributed by atoms with E-state index in [1.54, 1.807) is 14.2 Å². The Labute approximate surface area is 175 Å². The number of hydrogen-bond donors (Lipinski definition) is 1. The van der Waals surface area contributed by atoms with E-state index in [-0.39, 0.29) is 11.7 Å². The molecule has 2 aliphatic rings. The molecule has 1 aliphatic heterocycles. The normalized spacial score (nSPS) is 18.0. The van der Waals surface area contributed by atoms with Gasteiger partial charge in [-0.3, -0.25) is 9.78 Å². The summed E-state index contributed by atoms with van der Waals surface area (Å²) >= 11 is 0. The number of aromatic nitrogens is 1. The summed E-state index contributed by atoms with van der Waals surface area (Å²) in [5.74, 6) is 1.38. The molecule has 2 heterocycles. The van der Waals surface area contributed by atoms with Crippen LogP contribution in [0.15, 0.2) is 53.7 Å². The number of pyridine rings is 1. The van der Waals surface area contributed by atoms with Gasteiger partial charge in [-0.2, -0.15) is 0 Å². The lowest BCUT2D eigenvalue weighted by Gasteiger charge is -2.35. The van der Waals surface area contributed by atoms with Gasteiger partial charge in [-0.25, -0.2) is 0 Å². The number of rotatable bonds is 3. The van der Waals surface area contributed by atoms with Gasteiger partial charge in [0.05, 0.1) is 19.7 Å². The molecule has 1 aromatic heterocycles. The van der Waals surface area contributed by atoms with Crippen LogP contribution in [-0.4, -0.2) is 25.0 Å². The fraction of sp³-hybridized carbons (Fsp3) is 0.280. The Hall–Kier alpha value is -3.34. The zero-order valence-electron chi connectivity index (χ0n) is 17.4. The van der Waals surface area contributed by atoms with Gasteiger partial charge in [-0.15, -0.1) is 0 Å². The second-order valence-electron chi connectivity index (χ2n) is 7.89. The lowest BCUT2D eigenvalue weighted by molar-refractivity contribution is -0.116. The molecule has 0 spiro atoms. The molecule has 0 saturated heterocycles. The fourth-order valence-electron chi connectivity index (χ4n) is 4.75. The predicted molar refractivity (Wildman–Crippen MR) is 117 cm³/mol. The summed E-state index contributed by atoms with van der Waals surface area (Å²) in [6.07, 6.45) is 2.35. The van der Waals surface area contributed by atoms with Crippen molar-refractivity contribution in [3.63, 3.8) is 0 Å². The van der Waals surface area contributed by atoms with Gasteiger partial charge in [0.15, 0.2) is 17.3 Å². The third kappa shape index (κ3) is 2.84. The van der Waals surface area contributed by atoms with Crippen LogP contribution in [0.25, 0.3) is 10.9 Å². The van der Waals surface area contributed by atoms with Gasteiger partial charge in [-0.05, 0) is 61.2 Å². The van der Waals surface area contributed by atoms with Gasteiger partial charge in [0.2, 0.25) is 0 Å². The first-order valence-corrected chi connectivity index (χ1v) is 10.3. The first-order valence-electron chi connectivity index (χ1n) is 10.3. The van der Waals surface area contributed by atoms with E-state index < -0.39 is 0 Å². The van der Waals surface area contributed by atoms with E-state index in [9.17, 15) is 4.79 Å². The highest BCUT2D eigenvalue weighted by Gasteiger charge is 2.36. The van der Waals surface area contributed by atoms with Crippen LogP contribution in [0.2, 0.25) is 0 Å². The molecule has 0 bridgehead atoms. The minimum absolute atomic E-state index is 0.169. The number of allylic oxidation sites excluding steroid dienone is 2. The molecule has 5 rings (SSSR count). The second kappa shape index (κ2) is 7.17. The van der Waals surface area contributed by atoms with Crippen LogP contribution in [0, 0.1) is 6.92 Å². The highest BCUT2D eigenvalue weighted by Crippen LogP contribution is 2.48. The maximum Gasteiger partial charge on any atom is 0.161 e. The number of fused-ring (bicyclic) bond motifs is 3. The van der Waals surface area contributed by atoms with E-state index in [4.69, 9.17) is 14.5 Å². The number of ketones is 1. The number of anilines is 1. The summed E-state index contributed by atoms with van der Waals surface area (Å²) < 4.78 is 11.0. The molecule has 152 valence electrons. The van der Waals surface area contributed by atoms with Crippen LogP contribution in [0.5, 0.6) is 11.5 Å². The molecule has 1 aliphatic carbocycles. The Morgan fingerprint density at radius 3 is 2.63 bits per heavy atom. The smallest absolute Gasteiger partial charge is 0.161 e. The van der Waals surface area contributed by atoms with Crippen molar-refractivity contribution in [2.75, 3.05) is 19.5 Å². The Morgan fingerprint density at radius 2 is 1.83 bits per heavy atom. The van der Waals surface area contributed by atoms with Gasteiger partial charge in [0.1, 0.15) is 0 Å². The first kappa shape index (κ1) is 18.7. The predicted octanol–water partition coefficient (Wildman–Crippen LogP) is 5.12. The van der Waals surface area contributed by atoms with Crippen LogP contribution in [0.3, 0.4) is 0 Å². The van der Waals surface area contributed by atoms with E-state index in [2.05, 4.69) is 23.5 Å². The molecule has 5 nitrogen and oxygen atoms in total. The number of aryl methyl sites for hydroxylation is 1. The molecular weight excluding hydrogens is 376 g/mol. The maximum atomic E-state index is 13.1. The Bertz CT molecular complexity index is 1210. The summed E-state index contributed by atoms with van der Waals surface area (Å²) in [7, 11) is 3.26. The number of Topliss-reactive ketones (excluding diaryl/α,β-unsaturated/α-hetero) is 1. The third-order valence-corrected chi connectivity index (χ3v) is 6.11. The minimum atomic E-state index is -0.169. The number of ether oxygens (including phenoxy) is 2. The van der Waals surface area contributed by atoms with Gasteiger partial charge >= 0.3 is 0 Å². The number of hydrogen-bond acceptors (Lipinski definition) is 5. The van der Waals surface area contributed by atoms with E-state index in [0.29, 0.717) is 17.9 Å². The van der Waals surface area contributed by atoms with Crippen molar-refractivity contribution in [3.05, 3.63) is 70.6 Å². The van der Waals surface area contributed by atoms with Crippen LogP contribution in [0.1, 0.15) is 42.0 Å². The molecule has 0 saturated carbocycles. The van der Waals surface area contributed by atoms with Gasteiger partial charge < -0.3 is 14.8 Å². The van der Waals surface area contributed by atoms with E-state index >= 15 is 0 Å². The minimum Gasteiger partial charge on any atom is -0.493 e. The zero-order valence-corrected chi connectivity index (χ0v) is 17.4. The number of nitrogens with one attached hydrogen (secondary N) is 1. The molecule has 30 heavy (non-hydrogen) atoms. The third-order valence-electron chi connectivity index (χ3n) is 6.11. The van der Waals surface area contributed by atoms with Crippen LogP contribution < -0.4 is 14.8 Å². The van der Waals surface area contributed by atoms with E-state index in [0.717, 1.165) is 57.5 Å². The van der Waals surface area contributed by atoms with Crippen LogP contribution in [-0.2, 0) is 4.79 Å². The van der Waals surface area contributed by atoms with Gasteiger partial charge in [0.25, 0.3) is 0 Å². The lowest BCUT2D eigenvalue weighted by Crippen LogP contribution is -2.27. The lowest BCUT2D eigenvalue weighted by atomic mass is 9.74. The van der Waals surface area contributed by atoms with Crippen LogP contribution in [0.4, 0.5) is 5.69 Å².